The highest BCUT2D eigenvalue weighted by atomic mass is 19.1. The predicted molar refractivity (Wildman–Crippen MR) is 79.6 cm³/mol. The van der Waals surface area contributed by atoms with E-state index >= 15 is 0 Å². The van der Waals surface area contributed by atoms with Gasteiger partial charge in [-0.1, -0.05) is 6.92 Å². The first-order chi connectivity index (χ1) is 9.92. The molecule has 2 rings (SSSR count). The minimum Gasteiger partial charge on any atom is -0.333 e. The van der Waals surface area contributed by atoms with Crippen LogP contribution in [0.5, 0.6) is 0 Å². The highest BCUT2D eigenvalue weighted by molar-refractivity contribution is 5.96. The van der Waals surface area contributed by atoms with Crippen LogP contribution in [0.4, 0.5) is 4.39 Å². The van der Waals surface area contributed by atoms with E-state index in [1.54, 1.807) is 10.9 Å². The first kappa shape index (κ1) is 15.7. The van der Waals surface area contributed by atoms with E-state index < -0.39 is 0 Å². The third-order valence-corrected chi connectivity index (χ3v) is 4.26. The third kappa shape index (κ3) is 3.00. The SMILES string of the molecule is CCC(C)(C)N1CCc2nn(C/C(=C/F)CN)cc2C1=O. The van der Waals surface area contributed by atoms with Crippen molar-refractivity contribution in [1.29, 1.82) is 0 Å². The van der Waals surface area contributed by atoms with E-state index in [1.807, 2.05) is 4.90 Å². The van der Waals surface area contributed by atoms with Crippen molar-refractivity contribution in [1.82, 2.24) is 14.7 Å². The van der Waals surface area contributed by atoms with Crippen LogP contribution in [0.3, 0.4) is 0 Å². The largest absolute Gasteiger partial charge is 0.333 e. The van der Waals surface area contributed by atoms with Crippen LogP contribution in [-0.2, 0) is 13.0 Å². The quantitative estimate of drug-likeness (QED) is 0.902. The van der Waals surface area contributed by atoms with Gasteiger partial charge < -0.3 is 10.6 Å². The van der Waals surface area contributed by atoms with Crippen molar-refractivity contribution >= 4 is 5.91 Å². The molecule has 1 aromatic heterocycles. The molecule has 0 radical (unpaired) electrons. The monoisotopic (exact) mass is 294 g/mol. The van der Waals surface area contributed by atoms with Crippen molar-refractivity contribution in [2.45, 2.75) is 45.7 Å². The maximum atomic E-state index is 12.6. The molecule has 1 aliphatic heterocycles. The van der Waals surface area contributed by atoms with Crippen LogP contribution in [0.25, 0.3) is 0 Å². The summed E-state index contributed by atoms with van der Waals surface area (Å²) in [7, 11) is 0. The number of hydrogen-bond donors (Lipinski definition) is 1. The first-order valence-electron chi connectivity index (χ1n) is 7.29. The number of fused-ring (bicyclic) bond motifs is 1. The Morgan fingerprint density at radius 3 is 2.86 bits per heavy atom. The van der Waals surface area contributed by atoms with Crippen LogP contribution in [0.1, 0.15) is 43.2 Å². The minimum atomic E-state index is -0.169. The molecule has 0 fully saturated rings. The van der Waals surface area contributed by atoms with Gasteiger partial charge in [0.2, 0.25) is 0 Å². The summed E-state index contributed by atoms with van der Waals surface area (Å²) in [6, 6.07) is 0. The van der Waals surface area contributed by atoms with E-state index in [4.69, 9.17) is 5.73 Å². The van der Waals surface area contributed by atoms with Crippen LogP contribution < -0.4 is 5.73 Å². The molecule has 5 nitrogen and oxygen atoms in total. The molecule has 2 heterocycles. The summed E-state index contributed by atoms with van der Waals surface area (Å²) >= 11 is 0. The van der Waals surface area contributed by atoms with Crippen molar-refractivity contribution in [3.05, 3.63) is 29.4 Å². The molecule has 0 atom stereocenters. The summed E-state index contributed by atoms with van der Waals surface area (Å²) in [6.07, 6.45) is 3.84. The maximum Gasteiger partial charge on any atom is 0.257 e. The normalized spacial score (nSPS) is 16.3. The van der Waals surface area contributed by atoms with Gasteiger partial charge in [0, 0.05) is 31.2 Å². The molecule has 2 N–H and O–H groups in total. The van der Waals surface area contributed by atoms with Gasteiger partial charge in [0.05, 0.1) is 24.1 Å². The molecule has 21 heavy (non-hydrogen) atoms. The summed E-state index contributed by atoms with van der Waals surface area (Å²) in [5.74, 6) is 0.00729. The molecule has 0 aliphatic carbocycles. The average Bonchev–Trinajstić information content (AvgIpc) is 2.88. The molecule has 0 spiro atoms. The van der Waals surface area contributed by atoms with Crippen molar-refractivity contribution in [2.75, 3.05) is 13.1 Å². The van der Waals surface area contributed by atoms with Crippen molar-refractivity contribution < 1.29 is 9.18 Å². The van der Waals surface area contributed by atoms with E-state index in [0.29, 0.717) is 24.0 Å². The van der Waals surface area contributed by atoms with Crippen LogP contribution in [0, 0.1) is 0 Å². The number of carbonyl (C=O) groups is 1. The van der Waals surface area contributed by atoms with E-state index in [1.165, 1.54) is 0 Å². The standard InChI is InChI=1S/C15H23FN4O/c1-4-15(2,3)20-6-5-13-12(14(20)21)10-19(18-13)9-11(7-16)8-17/h7,10H,4-6,8-9,17H2,1-3H3/b11-7+. The molecule has 0 unspecified atom stereocenters. The second-order valence-electron chi connectivity index (χ2n) is 6.03. The first-order valence-corrected chi connectivity index (χ1v) is 7.29. The van der Waals surface area contributed by atoms with E-state index in [9.17, 15) is 9.18 Å². The second-order valence-corrected chi connectivity index (χ2v) is 6.03. The summed E-state index contributed by atoms with van der Waals surface area (Å²) in [5, 5.41) is 4.39. The second kappa shape index (κ2) is 5.97. The highest BCUT2D eigenvalue weighted by Gasteiger charge is 2.35. The molecule has 0 saturated heterocycles. The van der Waals surface area contributed by atoms with Gasteiger partial charge in [-0.25, -0.2) is 4.39 Å². The van der Waals surface area contributed by atoms with Crippen molar-refractivity contribution in [2.24, 2.45) is 5.73 Å². The Balaban J connectivity index is 2.25. The number of hydrogen-bond acceptors (Lipinski definition) is 3. The lowest BCUT2D eigenvalue weighted by Crippen LogP contribution is -2.50. The average molecular weight is 294 g/mol. The zero-order valence-corrected chi connectivity index (χ0v) is 12.9. The number of nitrogens with zero attached hydrogens (tertiary/aromatic N) is 3. The number of rotatable bonds is 5. The maximum absolute atomic E-state index is 12.6. The number of halogens is 1. The van der Waals surface area contributed by atoms with E-state index in [-0.39, 0.29) is 24.5 Å². The van der Waals surface area contributed by atoms with Crippen LogP contribution in [0.2, 0.25) is 0 Å². The lowest BCUT2D eigenvalue weighted by Gasteiger charge is -2.40. The Bertz CT molecular complexity index is 562. The Labute approximate surface area is 124 Å². The lowest BCUT2D eigenvalue weighted by molar-refractivity contribution is 0.0517. The molecule has 1 aliphatic rings. The van der Waals surface area contributed by atoms with Gasteiger partial charge >= 0.3 is 0 Å². The van der Waals surface area contributed by atoms with Gasteiger partial charge in [-0.05, 0) is 25.8 Å². The summed E-state index contributed by atoms with van der Waals surface area (Å²) < 4.78 is 14.2. The van der Waals surface area contributed by atoms with Crippen LogP contribution >= 0.6 is 0 Å². The molecule has 0 bridgehead atoms. The smallest absolute Gasteiger partial charge is 0.257 e. The van der Waals surface area contributed by atoms with E-state index in [2.05, 4.69) is 25.9 Å². The molecule has 0 aromatic carbocycles. The van der Waals surface area contributed by atoms with E-state index in [0.717, 1.165) is 18.5 Å². The topological polar surface area (TPSA) is 64.2 Å². The number of nitrogens with two attached hydrogens (primary N) is 1. The number of amides is 1. The van der Waals surface area contributed by atoms with Gasteiger partial charge in [-0.3, -0.25) is 9.48 Å². The summed E-state index contributed by atoms with van der Waals surface area (Å²) in [6.45, 7) is 7.31. The van der Waals surface area contributed by atoms with Gasteiger partial charge in [0.15, 0.2) is 0 Å². The minimum absolute atomic E-state index is 0.00729. The zero-order valence-electron chi connectivity index (χ0n) is 12.9. The molecular formula is C15H23FN4O. The van der Waals surface area contributed by atoms with Gasteiger partial charge in [0.25, 0.3) is 5.91 Å². The molecular weight excluding hydrogens is 271 g/mol. The molecule has 1 amide bonds. The molecule has 6 heteroatoms. The highest BCUT2D eigenvalue weighted by Crippen LogP contribution is 2.26. The van der Waals surface area contributed by atoms with Gasteiger partial charge in [-0.2, -0.15) is 5.10 Å². The number of carbonyl (C=O) groups excluding carboxylic acids is 1. The Hall–Kier alpha value is -1.69. The number of aromatic nitrogens is 2. The van der Waals surface area contributed by atoms with Crippen LogP contribution in [0.15, 0.2) is 18.1 Å². The molecule has 116 valence electrons. The lowest BCUT2D eigenvalue weighted by atomic mass is 9.95. The fraction of sp³-hybridized carbons (Fsp3) is 0.600. The fourth-order valence-electron chi connectivity index (χ4n) is 2.49. The predicted octanol–water partition coefficient (Wildman–Crippen LogP) is 1.88. The third-order valence-electron chi connectivity index (χ3n) is 4.26. The van der Waals surface area contributed by atoms with Crippen LogP contribution in [-0.4, -0.2) is 39.2 Å². The van der Waals surface area contributed by atoms with Gasteiger partial charge in [0.1, 0.15) is 0 Å². The Morgan fingerprint density at radius 1 is 1.57 bits per heavy atom. The van der Waals surface area contributed by atoms with Gasteiger partial charge in [-0.15, -0.1) is 0 Å². The summed E-state index contributed by atoms with van der Waals surface area (Å²) in [5.41, 5.74) is 7.15. The zero-order chi connectivity index (χ0) is 15.6. The molecule has 0 saturated carbocycles. The molecule has 1 aromatic rings. The Kier molecular flexibility index (Phi) is 4.46. The van der Waals surface area contributed by atoms with Crippen molar-refractivity contribution in [3.63, 3.8) is 0 Å². The Morgan fingerprint density at radius 2 is 2.29 bits per heavy atom. The fourth-order valence-corrected chi connectivity index (χ4v) is 2.49. The summed E-state index contributed by atoms with van der Waals surface area (Å²) in [4.78, 5) is 14.5. The van der Waals surface area contributed by atoms with Crippen molar-refractivity contribution in [3.8, 4) is 0 Å².